The molecule has 0 aliphatic heterocycles. The molecule has 0 saturated heterocycles. The Labute approximate surface area is 57.1 Å². The largest absolute Gasteiger partial charge is 0.346 e. The third kappa shape index (κ3) is 3.02. The Hall–Kier alpha value is 0.190. The third-order valence-electron chi connectivity index (χ3n) is 1.67. The standard InChI is InChI=1S/C6H15O2P/c1-5(9(7)8)6(2,3)4/h5,9H,1-4H3,(H,7,8). The second-order valence-electron chi connectivity index (χ2n) is 3.43. The third-order valence-corrected chi connectivity index (χ3v) is 3.28. The zero-order valence-electron chi connectivity index (χ0n) is 6.43. The van der Waals surface area contributed by atoms with Crippen molar-refractivity contribution in [3.63, 3.8) is 0 Å². The van der Waals surface area contributed by atoms with Crippen LogP contribution in [0.5, 0.6) is 0 Å². The fourth-order valence-corrected chi connectivity index (χ4v) is 1.11. The van der Waals surface area contributed by atoms with Crippen LogP contribution < -0.4 is 0 Å². The first-order valence-corrected chi connectivity index (χ1v) is 4.52. The molecule has 9 heavy (non-hydrogen) atoms. The molecular weight excluding hydrogens is 135 g/mol. The lowest BCUT2D eigenvalue weighted by Gasteiger charge is -2.23. The van der Waals surface area contributed by atoms with E-state index in [-0.39, 0.29) is 11.1 Å². The Kier molecular flexibility index (Phi) is 2.91. The minimum Gasteiger partial charge on any atom is -0.346 e. The Bertz CT molecular complexity index is 115. The second kappa shape index (κ2) is 2.85. The van der Waals surface area contributed by atoms with Crippen LogP contribution in [0.2, 0.25) is 0 Å². The van der Waals surface area contributed by atoms with Gasteiger partial charge in [-0.05, 0) is 5.41 Å². The van der Waals surface area contributed by atoms with Gasteiger partial charge < -0.3 is 4.89 Å². The molecule has 0 saturated carbocycles. The van der Waals surface area contributed by atoms with E-state index in [9.17, 15) is 4.57 Å². The van der Waals surface area contributed by atoms with Crippen LogP contribution >= 0.6 is 8.03 Å². The molecule has 0 rings (SSSR count). The summed E-state index contributed by atoms with van der Waals surface area (Å²) in [6, 6.07) is 0. The maximum Gasteiger partial charge on any atom is 0.192 e. The van der Waals surface area contributed by atoms with Crippen LogP contribution in [0.1, 0.15) is 27.7 Å². The van der Waals surface area contributed by atoms with E-state index >= 15 is 0 Å². The SMILES string of the molecule is CC([PH](=O)O)C(C)(C)C. The molecule has 0 aromatic carbocycles. The van der Waals surface area contributed by atoms with Gasteiger partial charge in [0.1, 0.15) is 0 Å². The van der Waals surface area contributed by atoms with Crippen molar-refractivity contribution in [2.24, 2.45) is 5.41 Å². The molecule has 0 heterocycles. The van der Waals surface area contributed by atoms with Gasteiger partial charge in [-0.1, -0.05) is 27.7 Å². The van der Waals surface area contributed by atoms with Gasteiger partial charge in [0.15, 0.2) is 8.03 Å². The van der Waals surface area contributed by atoms with Crippen LogP contribution in [-0.4, -0.2) is 10.6 Å². The Morgan fingerprint density at radius 2 is 1.78 bits per heavy atom. The van der Waals surface area contributed by atoms with Crippen LogP contribution in [0.25, 0.3) is 0 Å². The molecule has 0 fully saturated rings. The van der Waals surface area contributed by atoms with E-state index in [1.807, 2.05) is 20.8 Å². The molecule has 2 unspecified atom stereocenters. The van der Waals surface area contributed by atoms with Gasteiger partial charge in [0, 0.05) is 5.66 Å². The highest BCUT2D eigenvalue weighted by Crippen LogP contribution is 2.36. The minimum absolute atomic E-state index is 0.0369. The van der Waals surface area contributed by atoms with E-state index in [0.717, 1.165) is 0 Å². The van der Waals surface area contributed by atoms with Crippen molar-refractivity contribution in [3.05, 3.63) is 0 Å². The van der Waals surface area contributed by atoms with E-state index < -0.39 is 8.03 Å². The van der Waals surface area contributed by atoms with Crippen molar-refractivity contribution in [3.8, 4) is 0 Å². The van der Waals surface area contributed by atoms with Gasteiger partial charge in [0.05, 0.1) is 0 Å². The molecular formula is C6H15O2P. The molecule has 2 atom stereocenters. The zero-order valence-corrected chi connectivity index (χ0v) is 7.43. The first-order valence-electron chi connectivity index (χ1n) is 3.08. The molecule has 0 spiro atoms. The molecule has 0 aliphatic rings. The minimum atomic E-state index is -2.32. The van der Waals surface area contributed by atoms with Gasteiger partial charge in [0.2, 0.25) is 0 Å². The van der Waals surface area contributed by atoms with Gasteiger partial charge in [-0.2, -0.15) is 0 Å². The van der Waals surface area contributed by atoms with Gasteiger partial charge in [-0.3, -0.25) is 4.57 Å². The van der Waals surface area contributed by atoms with E-state index in [4.69, 9.17) is 4.89 Å². The number of rotatable bonds is 1. The molecule has 0 aromatic rings. The van der Waals surface area contributed by atoms with Gasteiger partial charge in [-0.25, -0.2) is 0 Å². The van der Waals surface area contributed by atoms with E-state index in [1.165, 1.54) is 0 Å². The predicted octanol–water partition coefficient (Wildman–Crippen LogP) is 1.89. The smallest absolute Gasteiger partial charge is 0.192 e. The van der Waals surface area contributed by atoms with Crippen LogP contribution in [-0.2, 0) is 4.57 Å². The lowest BCUT2D eigenvalue weighted by molar-refractivity contribution is 0.373. The molecule has 56 valence electrons. The quantitative estimate of drug-likeness (QED) is 0.579. The summed E-state index contributed by atoms with van der Waals surface area (Å²) in [5.74, 6) is 0. The summed E-state index contributed by atoms with van der Waals surface area (Å²) in [5, 5.41) is 0. The molecule has 0 bridgehead atoms. The highest BCUT2D eigenvalue weighted by Gasteiger charge is 2.23. The van der Waals surface area contributed by atoms with E-state index in [0.29, 0.717) is 0 Å². The molecule has 1 N–H and O–H groups in total. The molecule has 2 nitrogen and oxygen atoms in total. The maximum absolute atomic E-state index is 10.5. The normalized spacial score (nSPS) is 19.2. The van der Waals surface area contributed by atoms with Crippen LogP contribution in [0, 0.1) is 5.41 Å². The van der Waals surface area contributed by atoms with Crippen LogP contribution in [0.4, 0.5) is 0 Å². The Balaban J connectivity index is 4.04. The first kappa shape index (κ1) is 9.19. The molecule has 3 heteroatoms. The summed E-state index contributed by atoms with van der Waals surface area (Å²) in [5.41, 5.74) is -0.118. The summed E-state index contributed by atoms with van der Waals surface area (Å²) in [4.78, 5) is 8.70. The maximum atomic E-state index is 10.5. The summed E-state index contributed by atoms with van der Waals surface area (Å²) in [7, 11) is -2.32. The highest BCUT2D eigenvalue weighted by atomic mass is 31.1. The fourth-order valence-electron chi connectivity index (χ4n) is 0.370. The van der Waals surface area contributed by atoms with Crippen molar-refractivity contribution >= 4 is 8.03 Å². The van der Waals surface area contributed by atoms with Gasteiger partial charge >= 0.3 is 0 Å². The van der Waals surface area contributed by atoms with Crippen molar-refractivity contribution < 1.29 is 9.46 Å². The van der Waals surface area contributed by atoms with Crippen LogP contribution in [0.3, 0.4) is 0 Å². The summed E-state index contributed by atoms with van der Waals surface area (Å²) >= 11 is 0. The summed E-state index contributed by atoms with van der Waals surface area (Å²) < 4.78 is 10.5. The van der Waals surface area contributed by atoms with Crippen LogP contribution in [0.15, 0.2) is 0 Å². The summed E-state index contributed by atoms with van der Waals surface area (Å²) in [6.07, 6.45) is 0. The lowest BCUT2D eigenvalue weighted by atomic mass is 9.93. The van der Waals surface area contributed by atoms with E-state index in [2.05, 4.69) is 0 Å². The van der Waals surface area contributed by atoms with Crippen molar-refractivity contribution in [1.82, 2.24) is 0 Å². The number of hydrogen-bond donors (Lipinski definition) is 1. The average molecular weight is 150 g/mol. The molecule has 0 radical (unpaired) electrons. The van der Waals surface area contributed by atoms with Gasteiger partial charge in [-0.15, -0.1) is 0 Å². The van der Waals surface area contributed by atoms with E-state index in [1.54, 1.807) is 6.92 Å². The van der Waals surface area contributed by atoms with Crippen molar-refractivity contribution in [2.75, 3.05) is 0 Å². The lowest BCUT2D eigenvalue weighted by Crippen LogP contribution is -2.18. The topological polar surface area (TPSA) is 37.3 Å². The first-order chi connectivity index (χ1) is 3.85. The monoisotopic (exact) mass is 150 g/mol. The van der Waals surface area contributed by atoms with Crippen molar-refractivity contribution in [2.45, 2.75) is 33.4 Å². The molecule has 0 aromatic heterocycles. The van der Waals surface area contributed by atoms with Gasteiger partial charge in [0.25, 0.3) is 0 Å². The van der Waals surface area contributed by atoms with Crippen molar-refractivity contribution in [1.29, 1.82) is 0 Å². The Morgan fingerprint density at radius 1 is 1.44 bits per heavy atom. The Morgan fingerprint density at radius 3 is 1.78 bits per heavy atom. The molecule has 0 amide bonds. The summed E-state index contributed by atoms with van der Waals surface area (Å²) in [6.45, 7) is 7.71. The highest BCUT2D eigenvalue weighted by molar-refractivity contribution is 7.38. The molecule has 0 aliphatic carbocycles. The zero-order chi connectivity index (χ0) is 7.65. The average Bonchev–Trinajstić information content (AvgIpc) is 1.62. The predicted molar refractivity (Wildman–Crippen MR) is 40.1 cm³/mol. The number of hydrogen-bond acceptors (Lipinski definition) is 1. The second-order valence-corrected chi connectivity index (χ2v) is 4.97. The fraction of sp³-hybridized carbons (Fsp3) is 1.00.